The summed E-state index contributed by atoms with van der Waals surface area (Å²) in [6, 6.07) is 74.5. The van der Waals surface area contributed by atoms with Crippen molar-refractivity contribution in [1.82, 2.24) is 0 Å². The lowest BCUT2D eigenvalue weighted by atomic mass is 9.67. The molecule has 342 valence electrons. The molecule has 2 heteroatoms. The minimum atomic E-state index is 0.0195. The van der Waals surface area contributed by atoms with E-state index in [0.717, 1.165) is 0 Å². The number of nitrogens with zero attached hydrogens (tertiary/aromatic N) is 2. The third-order valence-electron chi connectivity index (χ3n) is 18.1. The van der Waals surface area contributed by atoms with Gasteiger partial charge in [0.2, 0.25) is 0 Å². The van der Waals surface area contributed by atoms with Crippen molar-refractivity contribution in [3.05, 3.63) is 205 Å². The molecule has 0 N–H and O–H groups in total. The van der Waals surface area contributed by atoms with Crippen molar-refractivity contribution in [3.8, 4) is 44.5 Å². The lowest BCUT2D eigenvalue weighted by molar-refractivity contribution is 0.223. The first kappa shape index (κ1) is 41.8. The zero-order valence-electron chi connectivity index (χ0n) is 40.9. The Bertz CT molecular complexity index is 3630. The minimum absolute atomic E-state index is 0.0195. The van der Waals surface area contributed by atoms with Crippen LogP contribution in [0.5, 0.6) is 0 Å². The van der Waals surface area contributed by atoms with Gasteiger partial charge in [0.25, 0.3) is 0 Å². The summed E-state index contributed by atoms with van der Waals surface area (Å²) in [7, 11) is 0. The minimum Gasteiger partial charge on any atom is -0.335 e. The van der Waals surface area contributed by atoms with E-state index in [9.17, 15) is 0 Å². The molecule has 0 radical (unpaired) electrons. The van der Waals surface area contributed by atoms with Crippen LogP contribution in [0, 0.1) is 11.8 Å². The average molecular weight is 905 g/mol. The number of benzene rings is 10. The molecule has 70 heavy (non-hydrogen) atoms. The highest BCUT2D eigenvalue weighted by Crippen LogP contribution is 2.62. The van der Waals surface area contributed by atoms with E-state index in [2.05, 4.69) is 232 Å². The average Bonchev–Trinajstić information content (AvgIpc) is 3.83. The summed E-state index contributed by atoms with van der Waals surface area (Å²) in [5, 5.41) is 7.98. The fourth-order valence-corrected chi connectivity index (χ4v) is 15.3. The molecule has 2 aliphatic carbocycles. The Labute approximate surface area is 413 Å². The first-order valence-corrected chi connectivity index (χ1v) is 26.2. The molecular formula is C68H60N2. The number of para-hydroxylation sites is 2. The summed E-state index contributed by atoms with van der Waals surface area (Å²) in [6.45, 7) is 10.1. The maximum atomic E-state index is 2.70. The van der Waals surface area contributed by atoms with Crippen LogP contribution in [0.3, 0.4) is 0 Å². The van der Waals surface area contributed by atoms with Crippen molar-refractivity contribution in [2.75, 3.05) is 9.80 Å². The van der Waals surface area contributed by atoms with Gasteiger partial charge in [-0.3, -0.25) is 0 Å². The summed E-state index contributed by atoms with van der Waals surface area (Å²) in [6.07, 6.45) is 7.44. The number of rotatable bonds is 6. The maximum Gasteiger partial charge on any atom is 0.0495 e. The molecular weight excluding hydrogens is 845 g/mol. The van der Waals surface area contributed by atoms with E-state index in [1.807, 2.05) is 0 Å². The van der Waals surface area contributed by atoms with Crippen LogP contribution in [0.15, 0.2) is 194 Å². The molecule has 10 aromatic carbocycles. The second-order valence-corrected chi connectivity index (χ2v) is 22.0. The Balaban J connectivity index is 1.04. The van der Waals surface area contributed by atoms with Crippen LogP contribution in [0.25, 0.3) is 76.8 Å². The van der Waals surface area contributed by atoms with Gasteiger partial charge in [-0.15, -0.1) is 0 Å². The first-order valence-electron chi connectivity index (χ1n) is 26.2. The number of anilines is 4. The van der Waals surface area contributed by atoms with Crippen LogP contribution in [0.2, 0.25) is 0 Å². The second-order valence-electron chi connectivity index (χ2n) is 22.0. The summed E-state index contributed by atoms with van der Waals surface area (Å²) >= 11 is 0. The number of hydrogen-bond acceptors (Lipinski definition) is 2. The van der Waals surface area contributed by atoms with Crippen LogP contribution < -0.4 is 9.80 Å². The summed E-state index contributed by atoms with van der Waals surface area (Å²) in [5.74, 6) is 2.07. The van der Waals surface area contributed by atoms with E-state index in [1.165, 1.54) is 149 Å². The summed E-state index contributed by atoms with van der Waals surface area (Å²) < 4.78 is 0. The lowest BCUT2D eigenvalue weighted by Crippen LogP contribution is -2.47. The van der Waals surface area contributed by atoms with Crippen LogP contribution in [-0.4, -0.2) is 11.1 Å². The molecule has 2 aliphatic heterocycles. The highest BCUT2D eigenvalue weighted by Gasteiger charge is 2.53. The molecule has 0 bridgehead atoms. The maximum absolute atomic E-state index is 2.70. The van der Waals surface area contributed by atoms with Gasteiger partial charge in [0.1, 0.15) is 0 Å². The van der Waals surface area contributed by atoms with Gasteiger partial charge in [-0.05, 0) is 200 Å². The lowest BCUT2D eigenvalue weighted by Gasteiger charge is -2.46. The Hall–Kier alpha value is -7.16. The molecule has 0 aromatic heterocycles. The molecule has 10 aromatic rings. The standard InChI is InChI=1S/C68H60N2/c1-43-19-17-37-67(3)65(43)59-39-47(29-35-61(59)69(67)49-25-13-7-14-26-49)56-41-55(46-23-11-6-12-24-46)58-42-57(53-32-31-51(45-21-9-5-10-22-45)52-33-34-54(56)64(58)63(52)53)48-30-36-62-60(40-48)66-44(2)20-18-38-68(66,4)70(62)50-27-15-8-16-28-50/h5-16,21-36,39-44,65-66H,17-20,37-38H2,1-4H3. The van der Waals surface area contributed by atoms with Crippen molar-refractivity contribution in [2.45, 2.75) is 89.1 Å². The highest BCUT2D eigenvalue weighted by molar-refractivity contribution is 6.32. The SMILES string of the molecule is CC1CCCC2(C)C1c1cc(-c3cc4c(-c5ccccc5)cc(-c5ccc6c(c5)C5C(C)CCCC5(C)N6c5ccccc5)c5ccc6c(-c7ccccc7)ccc3c6c54)ccc1N2c1ccccc1. The van der Waals surface area contributed by atoms with E-state index in [1.54, 1.807) is 0 Å². The van der Waals surface area contributed by atoms with Crippen molar-refractivity contribution in [3.63, 3.8) is 0 Å². The van der Waals surface area contributed by atoms with Crippen molar-refractivity contribution in [1.29, 1.82) is 0 Å². The third kappa shape index (κ3) is 5.98. The van der Waals surface area contributed by atoms with Gasteiger partial charge in [-0.1, -0.05) is 160 Å². The van der Waals surface area contributed by atoms with Gasteiger partial charge in [-0.2, -0.15) is 0 Å². The second kappa shape index (κ2) is 15.7. The van der Waals surface area contributed by atoms with E-state index < -0.39 is 0 Å². The van der Waals surface area contributed by atoms with Gasteiger partial charge in [0.15, 0.2) is 0 Å². The van der Waals surface area contributed by atoms with Crippen LogP contribution in [0.4, 0.5) is 22.7 Å². The zero-order valence-corrected chi connectivity index (χ0v) is 40.9. The smallest absolute Gasteiger partial charge is 0.0495 e. The Kier molecular flexibility index (Phi) is 9.36. The Morgan fingerprint density at radius 2 is 0.771 bits per heavy atom. The summed E-state index contributed by atoms with van der Waals surface area (Å²) in [5.41, 5.74) is 18.7. The van der Waals surface area contributed by atoms with Crippen molar-refractivity contribution in [2.24, 2.45) is 11.8 Å². The summed E-state index contributed by atoms with van der Waals surface area (Å²) in [4.78, 5) is 5.40. The largest absolute Gasteiger partial charge is 0.335 e. The molecule has 2 fully saturated rings. The fraction of sp³-hybridized carbons (Fsp3) is 0.235. The highest BCUT2D eigenvalue weighted by atomic mass is 15.2. The van der Waals surface area contributed by atoms with Crippen molar-refractivity contribution >= 4 is 55.1 Å². The molecule has 0 spiro atoms. The van der Waals surface area contributed by atoms with E-state index in [0.29, 0.717) is 23.7 Å². The van der Waals surface area contributed by atoms with Gasteiger partial charge < -0.3 is 9.80 Å². The van der Waals surface area contributed by atoms with Gasteiger partial charge >= 0.3 is 0 Å². The molecule has 0 saturated heterocycles. The number of fused-ring (bicyclic) bond motifs is 6. The third-order valence-corrected chi connectivity index (χ3v) is 18.1. The predicted octanol–water partition coefficient (Wildman–Crippen LogP) is 18.9. The fourth-order valence-electron chi connectivity index (χ4n) is 15.3. The molecule has 14 rings (SSSR count). The quantitative estimate of drug-likeness (QED) is 0.153. The number of hydrogen-bond donors (Lipinski definition) is 0. The van der Waals surface area contributed by atoms with Gasteiger partial charge in [-0.25, -0.2) is 0 Å². The van der Waals surface area contributed by atoms with Crippen LogP contribution in [0.1, 0.15) is 89.2 Å². The van der Waals surface area contributed by atoms with Gasteiger partial charge in [0, 0.05) is 45.7 Å². The monoisotopic (exact) mass is 904 g/mol. The molecule has 4 aliphatic rings. The Morgan fingerprint density at radius 3 is 1.27 bits per heavy atom. The molecule has 2 saturated carbocycles. The Morgan fingerprint density at radius 1 is 0.371 bits per heavy atom. The molecule has 2 nitrogen and oxygen atoms in total. The topological polar surface area (TPSA) is 6.48 Å². The van der Waals surface area contributed by atoms with Gasteiger partial charge in [0.05, 0.1) is 0 Å². The molecule has 6 atom stereocenters. The zero-order chi connectivity index (χ0) is 46.9. The molecule has 0 amide bonds. The molecule has 2 heterocycles. The van der Waals surface area contributed by atoms with Crippen LogP contribution in [-0.2, 0) is 0 Å². The van der Waals surface area contributed by atoms with E-state index >= 15 is 0 Å². The van der Waals surface area contributed by atoms with E-state index in [4.69, 9.17) is 0 Å². The first-order chi connectivity index (χ1) is 34.3. The molecule has 6 unspecified atom stereocenters. The van der Waals surface area contributed by atoms with Crippen LogP contribution >= 0.6 is 0 Å². The predicted molar refractivity (Wildman–Crippen MR) is 297 cm³/mol. The van der Waals surface area contributed by atoms with E-state index in [-0.39, 0.29) is 11.1 Å². The normalized spacial score (nSPS) is 23.7. The van der Waals surface area contributed by atoms with Crippen molar-refractivity contribution < 1.29 is 0 Å².